The smallest absolute Gasteiger partial charge is 0.346 e. The Morgan fingerprint density at radius 1 is 0.967 bits per heavy atom. The summed E-state index contributed by atoms with van der Waals surface area (Å²) in [6.07, 6.45) is -3.03. The molecule has 0 bridgehead atoms. The molecule has 6 nitrogen and oxygen atoms in total. The van der Waals surface area contributed by atoms with Crippen molar-refractivity contribution in [1.29, 1.82) is 0 Å². The number of aromatic nitrogens is 1. The van der Waals surface area contributed by atoms with Gasteiger partial charge in [-0.25, -0.2) is 8.42 Å². The second-order valence-corrected chi connectivity index (χ2v) is 7.90. The highest BCUT2D eigenvalue weighted by Crippen LogP contribution is 2.31. The topological polar surface area (TPSA) is 88.2 Å². The molecule has 0 aliphatic heterocycles. The normalized spacial score (nSPS) is 11.7. The van der Waals surface area contributed by atoms with Gasteiger partial charge >= 0.3 is 6.18 Å². The highest BCUT2D eigenvalue weighted by Gasteiger charge is 2.30. The molecule has 0 radical (unpaired) electrons. The second kappa shape index (κ2) is 8.54. The summed E-state index contributed by atoms with van der Waals surface area (Å²) >= 11 is 0. The molecular formula is C20H16F3N3O3S. The summed E-state index contributed by atoms with van der Waals surface area (Å²) in [4.78, 5) is 16.1. The molecule has 0 saturated heterocycles. The maximum Gasteiger partial charge on any atom is 0.416 e. The van der Waals surface area contributed by atoms with Gasteiger partial charge in [0, 0.05) is 17.4 Å². The fourth-order valence-corrected chi connectivity index (χ4v) is 3.65. The molecule has 2 aromatic carbocycles. The minimum Gasteiger partial charge on any atom is -0.346 e. The molecule has 3 rings (SSSR count). The lowest BCUT2D eigenvalue weighted by Crippen LogP contribution is -2.23. The van der Waals surface area contributed by atoms with E-state index >= 15 is 0 Å². The van der Waals surface area contributed by atoms with E-state index in [1.807, 2.05) is 0 Å². The molecule has 0 atom stereocenters. The summed E-state index contributed by atoms with van der Waals surface area (Å²) in [5.74, 6) is -0.517. The molecule has 0 spiro atoms. The van der Waals surface area contributed by atoms with Crippen molar-refractivity contribution in [2.75, 3.05) is 4.72 Å². The van der Waals surface area contributed by atoms with Crippen LogP contribution >= 0.6 is 0 Å². The van der Waals surface area contributed by atoms with Crippen LogP contribution in [-0.4, -0.2) is 19.3 Å². The average molecular weight is 435 g/mol. The third-order valence-electron chi connectivity index (χ3n) is 4.00. The van der Waals surface area contributed by atoms with Crippen LogP contribution in [0.15, 0.2) is 77.8 Å². The van der Waals surface area contributed by atoms with E-state index in [1.54, 1.807) is 24.4 Å². The van der Waals surface area contributed by atoms with Gasteiger partial charge in [-0.1, -0.05) is 18.2 Å². The standard InChI is InChI=1S/C20H16F3N3O3S/c21-20(22,23)15-6-4-8-16(12-15)26-30(28,29)18-9-3-5-14(11-18)19(27)25-13-17-7-1-2-10-24-17/h1-12,26H,13H2,(H,25,27). The molecule has 156 valence electrons. The van der Waals surface area contributed by atoms with Crippen LogP contribution in [0, 0.1) is 0 Å². The number of anilines is 1. The van der Waals surface area contributed by atoms with Gasteiger partial charge in [0.1, 0.15) is 0 Å². The van der Waals surface area contributed by atoms with E-state index in [0.29, 0.717) is 11.8 Å². The van der Waals surface area contributed by atoms with E-state index < -0.39 is 27.7 Å². The minimum atomic E-state index is -4.60. The zero-order chi connectivity index (χ0) is 21.8. The first kappa shape index (κ1) is 21.3. The molecule has 0 aliphatic rings. The fourth-order valence-electron chi connectivity index (χ4n) is 2.55. The van der Waals surface area contributed by atoms with Crippen LogP contribution in [0.3, 0.4) is 0 Å². The van der Waals surface area contributed by atoms with E-state index in [1.165, 1.54) is 24.3 Å². The van der Waals surface area contributed by atoms with E-state index in [0.717, 1.165) is 18.2 Å². The number of hydrogen-bond acceptors (Lipinski definition) is 4. The highest BCUT2D eigenvalue weighted by molar-refractivity contribution is 7.92. The Bertz CT molecular complexity index is 1150. The molecule has 1 aromatic heterocycles. The van der Waals surface area contributed by atoms with Crippen LogP contribution in [0.25, 0.3) is 0 Å². The lowest BCUT2D eigenvalue weighted by atomic mass is 10.2. The van der Waals surface area contributed by atoms with Crippen molar-refractivity contribution < 1.29 is 26.4 Å². The number of benzene rings is 2. The predicted octanol–water partition coefficient (Wildman–Crippen LogP) is 3.83. The number of hydrogen-bond donors (Lipinski definition) is 2. The van der Waals surface area contributed by atoms with Crippen LogP contribution in [0.2, 0.25) is 0 Å². The van der Waals surface area contributed by atoms with E-state index in [9.17, 15) is 26.4 Å². The van der Waals surface area contributed by atoms with Crippen LogP contribution in [0.1, 0.15) is 21.6 Å². The molecule has 0 aliphatic carbocycles. The van der Waals surface area contributed by atoms with Crippen molar-refractivity contribution in [1.82, 2.24) is 10.3 Å². The summed E-state index contributed by atoms with van der Waals surface area (Å²) in [5, 5.41) is 2.63. The molecule has 1 heterocycles. The van der Waals surface area contributed by atoms with Crippen molar-refractivity contribution in [3.8, 4) is 0 Å². The van der Waals surface area contributed by atoms with Crippen molar-refractivity contribution in [2.45, 2.75) is 17.6 Å². The van der Waals surface area contributed by atoms with Crippen LogP contribution in [0.5, 0.6) is 0 Å². The quantitative estimate of drug-likeness (QED) is 0.616. The largest absolute Gasteiger partial charge is 0.416 e. The number of alkyl halides is 3. The molecule has 1 amide bonds. The number of amides is 1. The van der Waals surface area contributed by atoms with Crippen molar-refractivity contribution in [3.05, 3.63) is 89.7 Å². The number of pyridine rings is 1. The summed E-state index contributed by atoms with van der Waals surface area (Å²) in [6.45, 7) is 0.152. The van der Waals surface area contributed by atoms with E-state index in [2.05, 4.69) is 15.0 Å². The first-order chi connectivity index (χ1) is 14.1. The van der Waals surface area contributed by atoms with Gasteiger partial charge in [-0.05, 0) is 48.5 Å². The van der Waals surface area contributed by atoms with Crippen LogP contribution < -0.4 is 10.0 Å². The number of carbonyl (C=O) groups excluding carboxylic acids is 1. The molecule has 2 N–H and O–H groups in total. The molecule has 0 unspecified atom stereocenters. The van der Waals surface area contributed by atoms with Gasteiger partial charge < -0.3 is 5.32 Å². The third-order valence-corrected chi connectivity index (χ3v) is 5.38. The summed E-state index contributed by atoms with van der Waals surface area (Å²) in [5.41, 5.74) is -0.515. The Hall–Kier alpha value is -3.40. The van der Waals surface area contributed by atoms with Gasteiger partial charge in [-0.2, -0.15) is 13.2 Å². The van der Waals surface area contributed by atoms with Crippen LogP contribution in [0.4, 0.5) is 18.9 Å². The molecule has 3 aromatic rings. The lowest BCUT2D eigenvalue weighted by molar-refractivity contribution is -0.137. The molecule has 30 heavy (non-hydrogen) atoms. The fraction of sp³-hybridized carbons (Fsp3) is 0.100. The third kappa shape index (κ3) is 5.35. The predicted molar refractivity (Wildman–Crippen MR) is 104 cm³/mol. The van der Waals surface area contributed by atoms with Gasteiger partial charge in [0.15, 0.2) is 0 Å². The first-order valence-corrected chi connectivity index (χ1v) is 10.1. The molecule has 0 saturated carbocycles. The Morgan fingerprint density at radius 3 is 2.43 bits per heavy atom. The maximum absolute atomic E-state index is 12.8. The average Bonchev–Trinajstić information content (AvgIpc) is 2.72. The van der Waals surface area contributed by atoms with Crippen molar-refractivity contribution >= 4 is 21.6 Å². The second-order valence-electron chi connectivity index (χ2n) is 6.22. The number of nitrogens with one attached hydrogen (secondary N) is 2. The monoisotopic (exact) mass is 435 g/mol. The molecule has 0 fully saturated rings. The zero-order valence-electron chi connectivity index (χ0n) is 15.3. The number of rotatable bonds is 6. The summed E-state index contributed by atoms with van der Waals surface area (Å²) in [7, 11) is -4.21. The lowest BCUT2D eigenvalue weighted by Gasteiger charge is -2.12. The van der Waals surface area contributed by atoms with Gasteiger partial charge in [0.05, 0.1) is 22.7 Å². The van der Waals surface area contributed by atoms with Gasteiger partial charge in [-0.15, -0.1) is 0 Å². The van der Waals surface area contributed by atoms with E-state index in [-0.39, 0.29) is 22.7 Å². The van der Waals surface area contributed by atoms with Crippen LogP contribution in [-0.2, 0) is 22.7 Å². The van der Waals surface area contributed by atoms with Gasteiger partial charge in [0.25, 0.3) is 15.9 Å². The Morgan fingerprint density at radius 2 is 1.73 bits per heavy atom. The number of carbonyl (C=O) groups is 1. The Labute approximate surface area is 170 Å². The number of halogens is 3. The van der Waals surface area contributed by atoms with E-state index in [4.69, 9.17) is 0 Å². The first-order valence-electron chi connectivity index (χ1n) is 8.63. The van der Waals surface area contributed by atoms with Crippen molar-refractivity contribution in [3.63, 3.8) is 0 Å². The Kier molecular flexibility index (Phi) is 6.06. The number of sulfonamides is 1. The summed E-state index contributed by atoms with van der Waals surface area (Å²) < 4.78 is 65.8. The minimum absolute atomic E-state index is 0.0813. The highest BCUT2D eigenvalue weighted by atomic mass is 32.2. The molecule has 10 heteroatoms. The Balaban J connectivity index is 1.76. The summed E-state index contributed by atoms with van der Waals surface area (Å²) in [6, 6.07) is 14.2. The van der Waals surface area contributed by atoms with Gasteiger partial charge in [-0.3, -0.25) is 14.5 Å². The number of nitrogens with zero attached hydrogens (tertiary/aromatic N) is 1. The SMILES string of the molecule is O=C(NCc1ccccn1)c1cccc(S(=O)(=O)Nc2cccc(C(F)(F)F)c2)c1. The molecular weight excluding hydrogens is 419 g/mol. The van der Waals surface area contributed by atoms with Crippen molar-refractivity contribution in [2.24, 2.45) is 0 Å². The maximum atomic E-state index is 12.8. The van der Waals surface area contributed by atoms with Gasteiger partial charge in [0.2, 0.25) is 0 Å². The zero-order valence-corrected chi connectivity index (χ0v) is 16.2.